The summed E-state index contributed by atoms with van der Waals surface area (Å²) < 4.78 is 50.8. The van der Waals surface area contributed by atoms with Crippen LogP contribution in [0, 0.1) is 6.92 Å². The van der Waals surface area contributed by atoms with Crippen molar-refractivity contribution in [1.29, 1.82) is 0 Å². The lowest BCUT2D eigenvalue weighted by molar-refractivity contribution is 0.388. The average molecular weight is 503 g/mol. The Balaban J connectivity index is 1.51. The van der Waals surface area contributed by atoms with E-state index in [9.17, 15) is 16.8 Å². The van der Waals surface area contributed by atoms with Gasteiger partial charge in [-0.1, -0.05) is 6.07 Å². The number of rotatable bonds is 7. The minimum absolute atomic E-state index is 0.235. The Morgan fingerprint density at radius 1 is 0.912 bits per heavy atom. The Hall–Kier alpha value is -3.06. The van der Waals surface area contributed by atoms with Gasteiger partial charge in [-0.25, -0.2) is 13.4 Å². The van der Waals surface area contributed by atoms with Crippen LogP contribution in [0.25, 0.3) is 0 Å². The van der Waals surface area contributed by atoms with E-state index < -0.39 is 20.0 Å². The van der Waals surface area contributed by atoms with E-state index in [1.165, 1.54) is 34.8 Å². The van der Waals surface area contributed by atoms with Gasteiger partial charge in [-0.05, 0) is 54.4 Å². The molecular weight excluding hydrogens is 476 g/mol. The minimum atomic E-state index is -3.49. The first-order chi connectivity index (χ1) is 15.9. The fourth-order valence-electron chi connectivity index (χ4n) is 3.52. The van der Waals surface area contributed by atoms with Crippen LogP contribution < -0.4 is 10.6 Å². The molecule has 0 amide bonds. The fraction of sp³-hybridized carbons (Fsp3) is 0.273. The Morgan fingerprint density at radius 3 is 2.21 bits per heavy atom. The molecule has 180 valence electrons. The fourth-order valence-corrected chi connectivity index (χ4v) is 5.21. The van der Waals surface area contributed by atoms with Gasteiger partial charge in [0.25, 0.3) is 10.2 Å². The highest BCUT2D eigenvalue weighted by atomic mass is 32.2. The second-order valence-corrected chi connectivity index (χ2v) is 12.5. The molecule has 0 bridgehead atoms. The molecule has 3 aromatic rings. The van der Waals surface area contributed by atoms with Crippen molar-refractivity contribution in [3.8, 4) is 0 Å². The van der Waals surface area contributed by atoms with Crippen molar-refractivity contribution in [2.24, 2.45) is 0 Å². The quantitative estimate of drug-likeness (QED) is 0.505. The zero-order valence-corrected chi connectivity index (χ0v) is 20.9. The maximum Gasteiger partial charge on any atom is 0.282 e. The molecule has 0 saturated heterocycles. The molecule has 0 saturated carbocycles. The van der Waals surface area contributed by atoms with Gasteiger partial charge < -0.3 is 10.6 Å². The predicted octanol–water partition coefficient (Wildman–Crippen LogP) is 2.80. The third-order valence-corrected chi connectivity index (χ3v) is 8.42. The number of benzene rings is 2. The first kappa shape index (κ1) is 24.1. The molecule has 2 aromatic carbocycles. The van der Waals surface area contributed by atoms with Gasteiger partial charge in [0, 0.05) is 56.6 Å². The van der Waals surface area contributed by atoms with Crippen LogP contribution >= 0.6 is 0 Å². The zero-order chi connectivity index (χ0) is 24.7. The molecule has 4 rings (SSSR count). The molecule has 2 heterocycles. The number of aromatic nitrogens is 2. The first-order valence-corrected chi connectivity index (χ1v) is 13.7. The van der Waals surface area contributed by atoms with Crippen molar-refractivity contribution < 1.29 is 16.8 Å². The number of nitrogens with one attached hydrogen (secondary N) is 2. The van der Waals surface area contributed by atoms with E-state index in [0.717, 1.165) is 28.6 Å². The topological polar surface area (TPSA) is 125 Å². The van der Waals surface area contributed by atoms with Crippen molar-refractivity contribution in [2.75, 3.05) is 31.0 Å². The summed E-state index contributed by atoms with van der Waals surface area (Å²) in [7, 11) is -3.71. The molecule has 0 fully saturated rings. The average Bonchev–Trinajstić information content (AvgIpc) is 3.20. The number of nitrogens with zero attached hydrogens (tertiary/aromatic N) is 4. The van der Waals surface area contributed by atoms with E-state index in [1.807, 2.05) is 25.1 Å². The van der Waals surface area contributed by atoms with Gasteiger partial charge in [-0.3, -0.25) is 0 Å². The molecule has 34 heavy (non-hydrogen) atoms. The summed E-state index contributed by atoms with van der Waals surface area (Å²) in [4.78, 5) is 9.08. The minimum Gasteiger partial charge on any atom is -0.340 e. The van der Waals surface area contributed by atoms with Crippen molar-refractivity contribution in [3.63, 3.8) is 0 Å². The number of hydrogen-bond donors (Lipinski definition) is 2. The summed E-state index contributed by atoms with van der Waals surface area (Å²) in [6, 6.07) is 12.1. The summed E-state index contributed by atoms with van der Waals surface area (Å²) in [6.45, 7) is 2.53. The van der Waals surface area contributed by atoms with Crippen molar-refractivity contribution in [3.05, 3.63) is 65.4 Å². The van der Waals surface area contributed by atoms with Crippen molar-refractivity contribution in [1.82, 2.24) is 18.6 Å². The van der Waals surface area contributed by atoms with E-state index in [2.05, 4.69) is 20.6 Å². The van der Waals surface area contributed by atoms with Crippen LogP contribution in [0.2, 0.25) is 0 Å². The van der Waals surface area contributed by atoms with Gasteiger partial charge in [0.2, 0.25) is 5.95 Å². The highest BCUT2D eigenvalue weighted by molar-refractivity contribution is 7.90. The van der Waals surface area contributed by atoms with E-state index in [-0.39, 0.29) is 4.90 Å². The van der Waals surface area contributed by atoms with Crippen LogP contribution in [0.4, 0.5) is 23.1 Å². The third kappa shape index (κ3) is 5.04. The number of sulfone groups is 1. The van der Waals surface area contributed by atoms with E-state index >= 15 is 0 Å². The number of anilines is 4. The molecule has 0 unspecified atom stereocenters. The lowest BCUT2D eigenvalue weighted by Gasteiger charge is -2.20. The molecule has 2 N–H and O–H groups in total. The highest BCUT2D eigenvalue weighted by Crippen LogP contribution is 2.30. The monoisotopic (exact) mass is 502 g/mol. The Kier molecular flexibility index (Phi) is 6.34. The summed E-state index contributed by atoms with van der Waals surface area (Å²) in [5, 5.41) is 6.36. The van der Waals surface area contributed by atoms with E-state index in [0.29, 0.717) is 30.5 Å². The van der Waals surface area contributed by atoms with Crippen molar-refractivity contribution in [2.45, 2.75) is 24.9 Å². The molecule has 1 aliphatic heterocycles. The number of fused-ring (bicyclic) bond motifs is 1. The van der Waals surface area contributed by atoms with Crippen LogP contribution in [0.15, 0.2) is 53.6 Å². The second kappa shape index (κ2) is 8.95. The number of hydrogen-bond acceptors (Lipinski definition) is 8. The van der Waals surface area contributed by atoms with Gasteiger partial charge >= 0.3 is 0 Å². The molecule has 0 aliphatic carbocycles. The van der Waals surface area contributed by atoms with Crippen LogP contribution in [-0.4, -0.2) is 55.8 Å². The maximum absolute atomic E-state index is 12.5. The highest BCUT2D eigenvalue weighted by Gasteiger charge is 2.30. The zero-order valence-electron chi connectivity index (χ0n) is 19.3. The predicted molar refractivity (Wildman–Crippen MR) is 131 cm³/mol. The van der Waals surface area contributed by atoms with Crippen LogP contribution in [0.1, 0.15) is 16.7 Å². The summed E-state index contributed by atoms with van der Waals surface area (Å²) in [6.07, 6.45) is 2.84. The number of aryl methyl sites for hydroxylation is 1. The van der Waals surface area contributed by atoms with Crippen molar-refractivity contribution >= 4 is 43.2 Å². The molecule has 0 atom stereocenters. The van der Waals surface area contributed by atoms with E-state index in [4.69, 9.17) is 0 Å². The Labute approximate surface area is 199 Å². The lowest BCUT2D eigenvalue weighted by Crippen LogP contribution is -2.36. The third-order valence-electron chi connectivity index (χ3n) is 5.46. The first-order valence-electron chi connectivity index (χ1n) is 10.4. The van der Waals surface area contributed by atoms with E-state index in [1.54, 1.807) is 18.3 Å². The van der Waals surface area contributed by atoms with Gasteiger partial charge in [-0.2, -0.15) is 22.0 Å². The maximum atomic E-state index is 12.5. The summed E-state index contributed by atoms with van der Waals surface area (Å²) in [5.41, 5.74) is 4.17. The molecular formula is C22H26N6O4S2. The van der Waals surface area contributed by atoms with Crippen LogP contribution in [0.5, 0.6) is 0 Å². The summed E-state index contributed by atoms with van der Waals surface area (Å²) >= 11 is 0. The Morgan fingerprint density at radius 2 is 1.56 bits per heavy atom. The van der Waals surface area contributed by atoms with Gasteiger partial charge in [-0.15, -0.1) is 0 Å². The standard InChI is InChI=1S/C22H26N6O4S2/c1-15-12-23-22(25-18-7-9-20(10-8-18)33(4,29)30)26-21(15)24-19-6-5-16-13-28(14-17(16)11-19)34(31,32)27(2)3/h5-12H,13-14H2,1-4H3,(H2,23,24,25,26). The molecule has 1 aliphatic rings. The molecule has 0 spiro atoms. The largest absolute Gasteiger partial charge is 0.340 e. The second-order valence-electron chi connectivity index (χ2n) is 8.31. The van der Waals surface area contributed by atoms with Gasteiger partial charge in [0.05, 0.1) is 4.90 Å². The molecule has 0 radical (unpaired) electrons. The van der Waals surface area contributed by atoms with Crippen LogP contribution in [0.3, 0.4) is 0 Å². The van der Waals surface area contributed by atoms with Gasteiger partial charge in [0.1, 0.15) is 5.82 Å². The van der Waals surface area contributed by atoms with Gasteiger partial charge in [0.15, 0.2) is 9.84 Å². The normalized spacial score (nSPS) is 14.3. The van der Waals surface area contributed by atoms with Crippen LogP contribution in [-0.2, 0) is 33.1 Å². The Bertz CT molecular complexity index is 1440. The SMILES string of the molecule is Cc1cnc(Nc2ccc(S(C)(=O)=O)cc2)nc1Nc1ccc2c(c1)CN(S(=O)(=O)N(C)C)C2. The molecule has 12 heteroatoms. The molecule has 1 aromatic heterocycles. The smallest absolute Gasteiger partial charge is 0.282 e. The summed E-state index contributed by atoms with van der Waals surface area (Å²) in [5.74, 6) is 0.950. The lowest BCUT2D eigenvalue weighted by atomic mass is 10.1. The molecule has 10 nitrogen and oxygen atoms in total.